The molecule has 0 saturated carbocycles. The summed E-state index contributed by atoms with van der Waals surface area (Å²) in [5.41, 5.74) is 9.39. The number of hydrogen-bond donors (Lipinski definition) is 3. The van der Waals surface area contributed by atoms with Gasteiger partial charge in [-0.2, -0.15) is 0 Å². The van der Waals surface area contributed by atoms with E-state index in [1.54, 1.807) is 0 Å². The Balaban J connectivity index is 1.24. The molecule has 3 heterocycles. The quantitative estimate of drug-likeness (QED) is 0.573. The first kappa shape index (κ1) is 16.7. The Morgan fingerprint density at radius 3 is 3.00 bits per heavy atom. The number of hydrogen-bond acceptors (Lipinski definition) is 5. The number of fused-ring (bicyclic) bond motifs is 1. The average molecular weight is 353 g/mol. The Labute approximate surface area is 151 Å². The molecule has 1 aliphatic heterocycles. The summed E-state index contributed by atoms with van der Waals surface area (Å²) in [6, 6.07) is 11.9. The van der Waals surface area contributed by atoms with Gasteiger partial charge in [0, 0.05) is 32.0 Å². The zero-order valence-corrected chi connectivity index (χ0v) is 14.7. The van der Waals surface area contributed by atoms with Gasteiger partial charge in [-0.3, -0.25) is 4.79 Å². The fraction of sp³-hybridized carbons (Fsp3) is 0.389. The van der Waals surface area contributed by atoms with Gasteiger partial charge in [0.2, 0.25) is 5.91 Å². The molecule has 26 heavy (non-hydrogen) atoms. The molecule has 0 spiro atoms. The zero-order valence-electron chi connectivity index (χ0n) is 14.7. The molecule has 1 amide bonds. The van der Waals surface area contributed by atoms with Crippen LogP contribution in [0, 0.1) is 0 Å². The molecule has 8 nitrogen and oxygen atoms in total. The van der Waals surface area contributed by atoms with Crippen molar-refractivity contribution in [3.63, 3.8) is 0 Å². The second-order valence-corrected chi connectivity index (χ2v) is 6.62. The predicted octanol–water partition coefficient (Wildman–Crippen LogP) is 0.884. The van der Waals surface area contributed by atoms with E-state index in [1.807, 2.05) is 48.3 Å². The number of rotatable bonds is 6. The number of aryl methyl sites for hydroxylation is 2. The molecule has 2 unspecified atom stereocenters. The maximum atomic E-state index is 12.4. The van der Waals surface area contributed by atoms with Crippen LogP contribution in [0.25, 0.3) is 11.0 Å². The van der Waals surface area contributed by atoms with Crippen LogP contribution in [-0.2, 0) is 18.4 Å². The van der Waals surface area contributed by atoms with Gasteiger partial charge in [0.05, 0.1) is 11.6 Å². The average Bonchev–Trinajstić information content (AvgIpc) is 3.38. The van der Waals surface area contributed by atoms with Gasteiger partial charge in [0.25, 0.3) is 0 Å². The Hall–Kier alpha value is -2.71. The fourth-order valence-corrected chi connectivity index (χ4v) is 3.40. The molecule has 1 fully saturated rings. The lowest BCUT2D eigenvalue weighted by molar-refractivity contribution is -0.122. The van der Waals surface area contributed by atoms with Crippen LogP contribution in [0.5, 0.6) is 0 Å². The van der Waals surface area contributed by atoms with Crippen molar-refractivity contribution >= 4 is 16.9 Å². The van der Waals surface area contributed by atoms with Crippen molar-refractivity contribution < 1.29 is 4.79 Å². The summed E-state index contributed by atoms with van der Waals surface area (Å²) in [7, 11) is 2.01. The first-order valence-electron chi connectivity index (χ1n) is 8.90. The summed E-state index contributed by atoms with van der Waals surface area (Å²) in [4.78, 5) is 12.4. The Morgan fingerprint density at radius 2 is 2.15 bits per heavy atom. The number of para-hydroxylation sites is 1. The van der Waals surface area contributed by atoms with Crippen LogP contribution < -0.4 is 16.2 Å². The van der Waals surface area contributed by atoms with Crippen molar-refractivity contribution in [2.75, 3.05) is 6.54 Å². The van der Waals surface area contributed by atoms with Crippen LogP contribution in [0.1, 0.15) is 24.6 Å². The number of aromatic nitrogens is 4. The number of carbonyl (C=O) groups excluding carboxylic acids is 1. The molecule has 0 radical (unpaired) electrons. The Morgan fingerprint density at radius 1 is 1.27 bits per heavy atom. The Kier molecular flexibility index (Phi) is 4.68. The molecule has 2 aromatic heterocycles. The molecule has 0 bridgehead atoms. The number of carbonyl (C=O) groups is 1. The van der Waals surface area contributed by atoms with Crippen LogP contribution in [-0.4, -0.2) is 38.1 Å². The first-order valence-corrected chi connectivity index (χ1v) is 8.90. The zero-order chi connectivity index (χ0) is 17.9. The molecule has 136 valence electrons. The molecule has 8 heteroatoms. The van der Waals surface area contributed by atoms with E-state index in [0.717, 1.165) is 30.4 Å². The highest BCUT2D eigenvalue weighted by atomic mass is 16.2. The van der Waals surface area contributed by atoms with Crippen molar-refractivity contribution in [1.82, 2.24) is 35.7 Å². The molecule has 3 N–H and O–H groups in total. The van der Waals surface area contributed by atoms with Gasteiger partial charge < -0.3 is 9.88 Å². The summed E-state index contributed by atoms with van der Waals surface area (Å²) in [5, 5.41) is 11.3. The second-order valence-electron chi connectivity index (χ2n) is 6.62. The van der Waals surface area contributed by atoms with Crippen molar-refractivity contribution in [3.05, 3.63) is 48.3 Å². The number of benzene rings is 1. The summed E-state index contributed by atoms with van der Waals surface area (Å²) in [6.45, 7) is 1.34. The molecular weight excluding hydrogens is 330 g/mol. The van der Waals surface area contributed by atoms with Crippen LogP contribution in [0.2, 0.25) is 0 Å². The van der Waals surface area contributed by atoms with E-state index in [9.17, 15) is 4.79 Å². The van der Waals surface area contributed by atoms with Gasteiger partial charge in [-0.05, 0) is 37.1 Å². The fourth-order valence-electron chi connectivity index (χ4n) is 3.40. The minimum absolute atomic E-state index is 0.0256. The van der Waals surface area contributed by atoms with Crippen LogP contribution in [0.4, 0.5) is 0 Å². The SMILES string of the molecule is Cn1cccc1C1CC(C(=O)NCCCn2nnc3ccccc32)NN1. The molecule has 0 aliphatic carbocycles. The summed E-state index contributed by atoms with van der Waals surface area (Å²) in [5.74, 6) is 0.0256. The van der Waals surface area contributed by atoms with E-state index in [1.165, 1.54) is 5.69 Å². The minimum Gasteiger partial charge on any atom is -0.355 e. The summed E-state index contributed by atoms with van der Waals surface area (Å²) in [6.07, 6.45) is 3.55. The lowest BCUT2D eigenvalue weighted by Crippen LogP contribution is -2.43. The maximum Gasteiger partial charge on any atom is 0.238 e. The highest BCUT2D eigenvalue weighted by Gasteiger charge is 2.30. The molecule has 1 aliphatic rings. The van der Waals surface area contributed by atoms with E-state index >= 15 is 0 Å². The lowest BCUT2D eigenvalue weighted by Gasteiger charge is -2.11. The molecular formula is C18H23N7O. The minimum atomic E-state index is -0.220. The van der Waals surface area contributed by atoms with Gasteiger partial charge in [-0.15, -0.1) is 5.10 Å². The normalized spacial score (nSPS) is 19.9. The van der Waals surface area contributed by atoms with Gasteiger partial charge >= 0.3 is 0 Å². The van der Waals surface area contributed by atoms with Crippen molar-refractivity contribution in [1.29, 1.82) is 0 Å². The van der Waals surface area contributed by atoms with E-state index in [4.69, 9.17) is 0 Å². The third-order valence-corrected chi connectivity index (χ3v) is 4.83. The monoisotopic (exact) mass is 353 g/mol. The molecule has 4 rings (SSSR count). The third-order valence-electron chi connectivity index (χ3n) is 4.83. The van der Waals surface area contributed by atoms with E-state index < -0.39 is 0 Å². The lowest BCUT2D eigenvalue weighted by atomic mass is 10.1. The van der Waals surface area contributed by atoms with E-state index in [-0.39, 0.29) is 18.0 Å². The number of hydrazine groups is 1. The molecule has 1 aromatic carbocycles. The molecule has 3 aromatic rings. The summed E-state index contributed by atoms with van der Waals surface area (Å²) < 4.78 is 3.95. The predicted molar refractivity (Wildman–Crippen MR) is 98.0 cm³/mol. The van der Waals surface area contributed by atoms with E-state index in [2.05, 4.69) is 37.1 Å². The first-order chi connectivity index (χ1) is 12.7. The van der Waals surface area contributed by atoms with Crippen LogP contribution in [0.15, 0.2) is 42.6 Å². The van der Waals surface area contributed by atoms with Crippen molar-refractivity contribution in [3.8, 4) is 0 Å². The van der Waals surface area contributed by atoms with Crippen LogP contribution in [0.3, 0.4) is 0 Å². The highest BCUT2D eigenvalue weighted by molar-refractivity contribution is 5.82. The number of amides is 1. The standard InChI is InChI=1S/C18H23N7O/c1-24-10-4-8-16(24)14-12-15(21-20-14)18(26)19-9-5-11-25-17-7-3-2-6-13(17)22-23-25/h2-4,6-8,10,14-15,20-21H,5,9,11-12H2,1H3,(H,19,26). The van der Waals surface area contributed by atoms with Gasteiger partial charge in [0.1, 0.15) is 11.6 Å². The van der Waals surface area contributed by atoms with E-state index in [0.29, 0.717) is 6.54 Å². The smallest absolute Gasteiger partial charge is 0.238 e. The largest absolute Gasteiger partial charge is 0.355 e. The highest BCUT2D eigenvalue weighted by Crippen LogP contribution is 2.22. The second kappa shape index (κ2) is 7.27. The maximum absolute atomic E-state index is 12.4. The van der Waals surface area contributed by atoms with Gasteiger partial charge in [-0.1, -0.05) is 17.3 Å². The van der Waals surface area contributed by atoms with Crippen molar-refractivity contribution in [2.24, 2.45) is 7.05 Å². The summed E-state index contributed by atoms with van der Waals surface area (Å²) >= 11 is 0. The van der Waals surface area contributed by atoms with Gasteiger partial charge in [0.15, 0.2) is 0 Å². The number of nitrogens with one attached hydrogen (secondary N) is 3. The molecule has 1 saturated heterocycles. The molecule has 2 atom stereocenters. The van der Waals surface area contributed by atoms with Crippen molar-refractivity contribution in [2.45, 2.75) is 31.5 Å². The third kappa shape index (κ3) is 3.33. The van der Waals surface area contributed by atoms with Crippen LogP contribution >= 0.6 is 0 Å². The van der Waals surface area contributed by atoms with Gasteiger partial charge in [-0.25, -0.2) is 15.5 Å². The topological polar surface area (TPSA) is 88.8 Å². The number of nitrogens with zero attached hydrogens (tertiary/aromatic N) is 4. The Bertz CT molecular complexity index is 900.